The van der Waals surface area contributed by atoms with Crippen molar-refractivity contribution >= 4 is 11.8 Å². The van der Waals surface area contributed by atoms with Crippen LogP contribution in [0.3, 0.4) is 0 Å². The van der Waals surface area contributed by atoms with Crippen LogP contribution >= 0.6 is 0 Å². The van der Waals surface area contributed by atoms with Gasteiger partial charge in [0.1, 0.15) is 0 Å². The van der Waals surface area contributed by atoms with Crippen LogP contribution in [0.15, 0.2) is 0 Å². The van der Waals surface area contributed by atoms with Crippen LogP contribution in [-0.4, -0.2) is 85.9 Å². The van der Waals surface area contributed by atoms with Crippen molar-refractivity contribution in [1.82, 2.24) is 20.0 Å². The van der Waals surface area contributed by atoms with Crippen LogP contribution in [0.5, 0.6) is 0 Å². The van der Waals surface area contributed by atoms with Crippen molar-refractivity contribution in [3.63, 3.8) is 0 Å². The van der Waals surface area contributed by atoms with E-state index < -0.39 is 0 Å². The molecule has 2 aliphatic rings. The molecule has 2 fully saturated rings. The molecule has 0 radical (unpaired) electrons. The van der Waals surface area contributed by atoms with Crippen molar-refractivity contribution in [2.45, 2.75) is 19.8 Å². The standard InChI is InChI=1S/C15H28N4O2/c1-13(20)18-6-8-19(9-7-18)15(21)12-17(2)11-14-4-3-5-16-10-14/h14,16H,3-12H2,1-2H3. The quantitative estimate of drug-likeness (QED) is 0.768. The number of hydrogen-bond donors (Lipinski definition) is 1. The number of amides is 2. The Kier molecular flexibility index (Phi) is 5.99. The predicted molar refractivity (Wildman–Crippen MR) is 81.9 cm³/mol. The average Bonchev–Trinajstić information content (AvgIpc) is 2.48. The van der Waals surface area contributed by atoms with Crippen LogP contribution in [0.1, 0.15) is 19.8 Å². The van der Waals surface area contributed by atoms with E-state index in [1.165, 1.54) is 12.8 Å². The number of hydrogen-bond acceptors (Lipinski definition) is 4. The number of piperazine rings is 1. The van der Waals surface area contributed by atoms with Crippen LogP contribution in [-0.2, 0) is 9.59 Å². The number of nitrogens with one attached hydrogen (secondary N) is 1. The molecular weight excluding hydrogens is 268 g/mol. The fourth-order valence-corrected chi connectivity index (χ4v) is 3.19. The summed E-state index contributed by atoms with van der Waals surface area (Å²) in [5.41, 5.74) is 0. The van der Waals surface area contributed by atoms with E-state index in [0.717, 1.165) is 19.6 Å². The molecule has 0 saturated carbocycles. The molecule has 2 saturated heterocycles. The van der Waals surface area contributed by atoms with Crippen molar-refractivity contribution < 1.29 is 9.59 Å². The summed E-state index contributed by atoms with van der Waals surface area (Å²) in [6.07, 6.45) is 2.49. The van der Waals surface area contributed by atoms with Crippen LogP contribution < -0.4 is 5.32 Å². The Morgan fingerprint density at radius 2 is 1.86 bits per heavy atom. The topological polar surface area (TPSA) is 55.9 Å². The van der Waals surface area contributed by atoms with Crippen molar-refractivity contribution in [2.24, 2.45) is 5.92 Å². The smallest absolute Gasteiger partial charge is 0.236 e. The molecule has 2 rings (SSSR count). The lowest BCUT2D eigenvalue weighted by Crippen LogP contribution is -2.52. The van der Waals surface area contributed by atoms with E-state index in [0.29, 0.717) is 38.6 Å². The first kappa shape index (κ1) is 16.2. The maximum Gasteiger partial charge on any atom is 0.236 e. The average molecular weight is 296 g/mol. The Morgan fingerprint density at radius 1 is 1.19 bits per heavy atom. The fourth-order valence-electron chi connectivity index (χ4n) is 3.19. The lowest BCUT2D eigenvalue weighted by molar-refractivity contribution is -0.139. The van der Waals surface area contributed by atoms with E-state index in [9.17, 15) is 9.59 Å². The molecule has 2 heterocycles. The third-order valence-electron chi connectivity index (χ3n) is 4.45. The van der Waals surface area contributed by atoms with E-state index in [-0.39, 0.29) is 11.8 Å². The van der Waals surface area contributed by atoms with Gasteiger partial charge < -0.3 is 15.1 Å². The van der Waals surface area contributed by atoms with Gasteiger partial charge in [0.05, 0.1) is 6.54 Å². The second-order valence-corrected chi connectivity index (χ2v) is 6.30. The zero-order valence-electron chi connectivity index (χ0n) is 13.3. The fraction of sp³-hybridized carbons (Fsp3) is 0.867. The SMILES string of the molecule is CC(=O)N1CCN(C(=O)CN(C)CC2CCCNC2)CC1. The molecule has 0 bridgehead atoms. The lowest BCUT2D eigenvalue weighted by atomic mass is 9.99. The molecule has 6 nitrogen and oxygen atoms in total. The molecule has 0 spiro atoms. The van der Waals surface area contributed by atoms with Crippen molar-refractivity contribution in [3.8, 4) is 0 Å². The highest BCUT2D eigenvalue weighted by molar-refractivity contribution is 5.79. The third kappa shape index (κ3) is 4.97. The Morgan fingerprint density at radius 3 is 2.43 bits per heavy atom. The van der Waals surface area contributed by atoms with E-state index in [4.69, 9.17) is 0 Å². The van der Waals surface area contributed by atoms with Gasteiger partial charge in [-0.05, 0) is 38.9 Å². The van der Waals surface area contributed by atoms with Crippen molar-refractivity contribution in [3.05, 3.63) is 0 Å². The minimum absolute atomic E-state index is 0.101. The molecule has 0 aliphatic carbocycles. The summed E-state index contributed by atoms with van der Waals surface area (Å²) < 4.78 is 0. The van der Waals surface area contributed by atoms with E-state index in [2.05, 4.69) is 10.2 Å². The number of nitrogens with zero attached hydrogens (tertiary/aromatic N) is 3. The summed E-state index contributed by atoms with van der Waals surface area (Å²) in [5, 5.41) is 3.41. The molecule has 1 unspecified atom stereocenters. The summed E-state index contributed by atoms with van der Waals surface area (Å²) in [4.78, 5) is 29.4. The predicted octanol–water partition coefficient (Wildman–Crippen LogP) is -0.391. The zero-order chi connectivity index (χ0) is 15.2. The molecular formula is C15H28N4O2. The third-order valence-corrected chi connectivity index (χ3v) is 4.45. The van der Waals surface area contributed by atoms with Crippen LogP contribution in [0, 0.1) is 5.92 Å². The van der Waals surface area contributed by atoms with E-state index in [1.54, 1.807) is 11.8 Å². The number of likely N-dealkylation sites (N-methyl/N-ethyl adjacent to an activating group) is 1. The van der Waals surface area contributed by atoms with Gasteiger partial charge in [0.15, 0.2) is 0 Å². The van der Waals surface area contributed by atoms with Gasteiger partial charge in [0.25, 0.3) is 0 Å². The van der Waals surface area contributed by atoms with E-state index in [1.807, 2.05) is 11.9 Å². The summed E-state index contributed by atoms with van der Waals surface area (Å²) in [6.45, 7) is 7.89. The summed E-state index contributed by atoms with van der Waals surface area (Å²) >= 11 is 0. The molecule has 2 amide bonds. The lowest BCUT2D eigenvalue weighted by Gasteiger charge is -2.35. The molecule has 120 valence electrons. The highest BCUT2D eigenvalue weighted by atomic mass is 16.2. The summed E-state index contributed by atoms with van der Waals surface area (Å²) in [6, 6.07) is 0. The van der Waals surface area contributed by atoms with Gasteiger partial charge in [-0.3, -0.25) is 14.5 Å². The molecule has 21 heavy (non-hydrogen) atoms. The molecule has 0 aromatic heterocycles. The normalized spacial score (nSPS) is 23.5. The van der Waals surface area contributed by atoms with Gasteiger partial charge in [-0.2, -0.15) is 0 Å². The van der Waals surface area contributed by atoms with Gasteiger partial charge >= 0.3 is 0 Å². The molecule has 6 heteroatoms. The first-order valence-corrected chi connectivity index (χ1v) is 7.99. The van der Waals surface area contributed by atoms with Crippen molar-refractivity contribution in [1.29, 1.82) is 0 Å². The van der Waals surface area contributed by atoms with Crippen LogP contribution in [0.25, 0.3) is 0 Å². The number of carbonyl (C=O) groups excluding carboxylic acids is 2. The number of carbonyl (C=O) groups is 2. The second kappa shape index (κ2) is 7.75. The Labute approximate surface area is 127 Å². The summed E-state index contributed by atoms with van der Waals surface area (Å²) in [7, 11) is 2.03. The minimum Gasteiger partial charge on any atom is -0.339 e. The second-order valence-electron chi connectivity index (χ2n) is 6.30. The maximum atomic E-state index is 12.3. The van der Waals surface area contributed by atoms with E-state index >= 15 is 0 Å². The monoisotopic (exact) mass is 296 g/mol. The largest absolute Gasteiger partial charge is 0.339 e. The zero-order valence-corrected chi connectivity index (χ0v) is 13.3. The first-order valence-electron chi connectivity index (χ1n) is 7.99. The summed E-state index contributed by atoms with van der Waals surface area (Å²) in [5.74, 6) is 0.944. The van der Waals surface area contributed by atoms with Gasteiger partial charge in [0.2, 0.25) is 11.8 Å². The van der Waals surface area contributed by atoms with Crippen LogP contribution in [0.2, 0.25) is 0 Å². The van der Waals surface area contributed by atoms with Crippen LogP contribution in [0.4, 0.5) is 0 Å². The Bertz CT molecular complexity index is 361. The number of rotatable bonds is 4. The molecule has 1 N–H and O–H groups in total. The highest BCUT2D eigenvalue weighted by Crippen LogP contribution is 2.11. The molecule has 0 aromatic rings. The van der Waals surface area contributed by atoms with Gasteiger partial charge in [-0.15, -0.1) is 0 Å². The first-order chi connectivity index (χ1) is 10.1. The highest BCUT2D eigenvalue weighted by Gasteiger charge is 2.23. The van der Waals surface area contributed by atoms with Gasteiger partial charge in [-0.1, -0.05) is 0 Å². The minimum atomic E-state index is 0.101. The van der Waals surface area contributed by atoms with Gasteiger partial charge in [-0.25, -0.2) is 0 Å². The Hall–Kier alpha value is -1.14. The Balaban J connectivity index is 1.70. The molecule has 0 aromatic carbocycles. The maximum absolute atomic E-state index is 12.3. The number of piperidine rings is 1. The molecule has 1 atom stereocenters. The van der Waals surface area contributed by atoms with Crippen molar-refractivity contribution in [2.75, 3.05) is 59.4 Å². The van der Waals surface area contributed by atoms with Gasteiger partial charge in [0, 0.05) is 39.6 Å². The molecule has 2 aliphatic heterocycles.